The van der Waals surface area contributed by atoms with Crippen molar-refractivity contribution in [2.24, 2.45) is 0 Å². The molecule has 0 saturated carbocycles. The number of nitrogens with one attached hydrogen (secondary N) is 1. The molecule has 1 atom stereocenters. The van der Waals surface area contributed by atoms with Gasteiger partial charge in [-0.25, -0.2) is 22.6 Å². The second-order valence-corrected chi connectivity index (χ2v) is 8.42. The maximum Gasteiger partial charge on any atom is 0.335 e. The van der Waals surface area contributed by atoms with Crippen LogP contribution in [-0.2, 0) is 16.4 Å². The fraction of sp³-hybridized carbons (Fsp3) is 0.350. The van der Waals surface area contributed by atoms with Gasteiger partial charge < -0.3 is 14.4 Å². The van der Waals surface area contributed by atoms with Gasteiger partial charge in [-0.15, -0.1) is 4.83 Å². The first kappa shape index (κ1) is 21.8. The Labute approximate surface area is 175 Å². The number of rotatable bonds is 9. The van der Waals surface area contributed by atoms with Gasteiger partial charge in [0, 0.05) is 6.54 Å². The molecule has 3 rings (SSSR count). The van der Waals surface area contributed by atoms with Crippen molar-refractivity contribution in [3.63, 3.8) is 0 Å². The van der Waals surface area contributed by atoms with Gasteiger partial charge in [0.1, 0.15) is 11.5 Å². The van der Waals surface area contributed by atoms with E-state index in [0.717, 1.165) is 21.9 Å². The lowest BCUT2D eigenvalue weighted by molar-refractivity contribution is 0.182. The van der Waals surface area contributed by atoms with Crippen molar-refractivity contribution in [1.82, 2.24) is 14.7 Å². The second kappa shape index (κ2) is 9.31. The normalized spacial score (nSPS) is 16.8. The summed E-state index contributed by atoms with van der Waals surface area (Å²) in [5, 5.41) is 0.942. The number of ether oxygens (including phenoxy) is 2. The van der Waals surface area contributed by atoms with Crippen LogP contribution in [0.5, 0.6) is 11.5 Å². The van der Waals surface area contributed by atoms with Crippen LogP contribution in [-0.4, -0.2) is 57.7 Å². The number of sulfonamides is 1. The van der Waals surface area contributed by atoms with E-state index in [1.165, 1.54) is 0 Å². The summed E-state index contributed by atoms with van der Waals surface area (Å²) in [6.07, 6.45) is 0.562. The first-order valence-electron chi connectivity index (χ1n) is 9.28. The smallest absolute Gasteiger partial charge is 0.335 e. The molecule has 0 aromatic heterocycles. The SMILES string of the molecule is COc1ccc(CCN2C(=O)N(NS(=O)(=O)CF)CC2c2ccc(OC)cc2)cc1. The Morgan fingerprint density at radius 1 is 1.03 bits per heavy atom. The molecule has 2 aromatic rings. The Bertz CT molecular complexity index is 967. The van der Waals surface area contributed by atoms with Crippen LogP contribution < -0.4 is 14.3 Å². The molecule has 0 spiro atoms. The van der Waals surface area contributed by atoms with Crippen molar-refractivity contribution in [3.05, 3.63) is 59.7 Å². The van der Waals surface area contributed by atoms with E-state index >= 15 is 0 Å². The van der Waals surface area contributed by atoms with E-state index in [1.807, 2.05) is 41.2 Å². The lowest BCUT2D eigenvalue weighted by atomic mass is 10.1. The molecule has 30 heavy (non-hydrogen) atoms. The number of nitrogens with zero attached hydrogens (tertiary/aromatic N) is 2. The van der Waals surface area contributed by atoms with Gasteiger partial charge in [-0.1, -0.05) is 24.3 Å². The molecule has 162 valence electrons. The molecule has 0 radical (unpaired) electrons. The number of amides is 2. The number of hydrogen-bond donors (Lipinski definition) is 1. The number of urea groups is 1. The van der Waals surface area contributed by atoms with Crippen LogP contribution in [0.1, 0.15) is 17.2 Å². The number of carbonyl (C=O) groups is 1. The standard InChI is InChI=1S/C20H24FN3O5S/c1-28-17-7-3-15(4-8-17)11-12-23-19(16-5-9-18(29-2)10-6-16)13-24(20(23)25)22-30(26,27)14-21/h3-10,19,22H,11-14H2,1-2H3. The molecule has 0 aliphatic carbocycles. The average molecular weight is 437 g/mol. The lowest BCUT2D eigenvalue weighted by Crippen LogP contribution is -2.45. The second-order valence-electron chi connectivity index (χ2n) is 6.79. The van der Waals surface area contributed by atoms with Gasteiger partial charge in [0.2, 0.25) is 6.01 Å². The van der Waals surface area contributed by atoms with Crippen molar-refractivity contribution in [2.45, 2.75) is 12.5 Å². The van der Waals surface area contributed by atoms with Crippen LogP contribution in [0.25, 0.3) is 0 Å². The molecular formula is C20H24FN3O5S. The summed E-state index contributed by atoms with van der Waals surface area (Å²) in [5.74, 6) is 1.40. The molecule has 1 heterocycles. The zero-order valence-electron chi connectivity index (χ0n) is 16.7. The minimum absolute atomic E-state index is 0.0625. The monoisotopic (exact) mass is 437 g/mol. The van der Waals surface area contributed by atoms with Gasteiger partial charge >= 0.3 is 6.03 Å². The summed E-state index contributed by atoms with van der Waals surface area (Å²) in [6, 6.07) is 12.2. The lowest BCUT2D eigenvalue weighted by Gasteiger charge is -2.23. The molecule has 1 aliphatic rings. The van der Waals surface area contributed by atoms with Crippen LogP contribution in [0.4, 0.5) is 9.18 Å². The fourth-order valence-electron chi connectivity index (χ4n) is 3.31. The molecule has 0 bridgehead atoms. The van der Waals surface area contributed by atoms with Gasteiger partial charge in [0.25, 0.3) is 10.0 Å². The highest BCUT2D eigenvalue weighted by Crippen LogP contribution is 2.30. The molecule has 2 aromatic carbocycles. The predicted molar refractivity (Wildman–Crippen MR) is 109 cm³/mol. The van der Waals surface area contributed by atoms with E-state index in [4.69, 9.17) is 9.47 Å². The van der Waals surface area contributed by atoms with Gasteiger partial charge in [-0.3, -0.25) is 0 Å². The quantitative estimate of drug-likeness (QED) is 0.651. The highest BCUT2D eigenvalue weighted by Gasteiger charge is 2.39. The third-order valence-electron chi connectivity index (χ3n) is 4.90. The van der Waals surface area contributed by atoms with Crippen LogP contribution in [0.2, 0.25) is 0 Å². The highest BCUT2D eigenvalue weighted by molar-refractivity contribution is 7.89. The number of halogens is 1. The van der Waals surface area contributed by atoms with Crippen LogP contribution in [0.15, 0.2) is 48.5 Å². The highest BCUT2D eigenvalue weighted by atomic mass is 32.2. The maximum absolute atomic E-state index is 12.9. The first-order valence-corrected chi connectivity index (χ1v) is 10.9. The Morgan fingerprint density at radius 3 is 2.13 bits per heavy atom. The molecule has 10 heteroatoms. The molecule has 2 amide bonds. The maximum atomic E-state index is 12.9. The van der Waals surface area contributed by atoms with Crippen molar-refractivity contribution in [2.75, 3.05) is 33.3 Å². The Kier molecular flexibility index (Phi) is 6.78. The fourth-order valence-corrected chi connectivity index (χ4v) is 3.85. The van der Waals surface area contributed by atoms with E-state index in [2.05, 4.69) is 0 Å². The Morgan fingerprint density at radius 2 is 1.60 bits per heavy atom. The Hall–Kier alpha value is -2.85. The van der Waals surface area contributed by atoms with Gasteiger partial charge in [0.05, 0.1) is 26.8 Å². The summed E-state index contributed by atoms with van der Waals surface area (Å²) < 4.78 is 46.4. The number of carbonyl (C=O) groups excluding carboxylic acids is 1. The minimum atomic E-state index is -4.22. The van der Waals surface area contributed by atoms with Crippen LogP contribution in [0.3, 0.4) is 0 Å². The predicted octanol–water partition coefficient (Wildman–Crippen LogP) is 2.49. The number of alkyl halides is 1. The molecule has 1 fully saturated rings. The van der Waals surface area contributed by atoms with Crippen molar-refractivity contribution < 1.29 is 27.1 Å². The summed E-state index contributed by atoms with van der Waals surface area (Å²) in [4.78, 5) is 16.5. The zero-order valence-corrected chi connectivity index (χ0v) is 17.6. The van der Waals surface area contributed by atoms with E-state index in [0.29, 0.717) is 18.7 Å². The van der Waals surface area contributed by atoms with Crippen LogP contribution >= 0.6 is 0 Å². The summed E-state index contributed by atoms with van der Waals surface area (Å²) >= 11 is 0. The first-order chi connectivity index (χ1) is 14.4. The number of hydrazine groups is 1. The van der Waals surface area contributed by atoms with E-state index in [9.17, 15) is 17.6 Å². The zero-order chi connectivity index (χ0) is 21.7. The largest absolute Gasteiger partial charge is 0.497 e. The molecule has 1 saturated heterocycles. The summed E-state index contributed by atoms with van der Waals surface area (Å²) in [5.41, 5.74) is 1.82. The minimum Gasteiger partial charge on any atom is -0.497 e. The van der Waals surface area contributed by atoms with E-state index in [-0.39, 0.29) is 6.54 Å². The number of benzene rings is 2. The van der Waals surface area contributed by atoms with Gasteiger partial charge in [-0.2, -0.15) is 0 Å². The van der Waals surface area contributed by atoms with Gasteiger partial charge in [0.15, 0.2) is 0 Å². The molecule has 1 unspecified atom stereocenters. The summed E-state index contributed by atoms with van der Waals surface area (Å²) in [6.45, 7) is 0.419. The van der Waals surface area contributed by atoms with E-state index in [1.54, 1.807) is 31.3 Å². The van der Waals surface area contributed by atoms with Crippen LogP contribution in [0, 0.1) is 0 Å². The third-order valence-corrected chi connectivity index (χ3v) is 5.69. The topological polar surface area (TPSA) is 88.2 Å². The summed E-state index contributed by atoms with van der Waals surface area (Å²) in [7, 11) is -1.08. The van der Waals surface area contributed by atoms with E-state index < -0.39 is 28.1 Å². The number of hydrogen-bond acceptors (Lipinski definition) is 5. The van der Waals surface area contributed by atoms with Crippen molar-refractivity contribution in [3.8, 4) is 11.5 Å². The number of methoxy groups -OCH3 is 2. The third kappa shape index (κ3) is 5.00. The Balaban J connectivity index is 1.81. The molecule has 1 N–H and O–H groups in total. The average Bonchev–Trinajstić information content (AvgIpc) is 3.07. The van der Waals surface area contributed by atoms with Gasteiger partial charge in [-0.05, 0) is 41.8 Å². The molecular weight excluding hydrogens is 413 g/mol. The molecule has 1 aliphatic heterocycles. The van der Waals surface area contributed by atoms with Crippen molar-refractivity contribution in [1.29, 1.82) is 0 Å². The van der Waals surface area contributed by atoms with Crippen molar-refractivity contribution >= 4 is 16.1 Å². The molecule has 8 nitrogen and oxygen atoms in total.